The van der Waals surface area contributed by atoms with Crippen molar-refractivity contribution in [2.45, 2.75) is 37.3 Å². The molecule has 6 nitrogen and oxygen atoms in total. The Morgan fingerprint density at radius 3 is 2.70 bits per heavy atom. The van der Waals surface area contributed by atoms with Crippen LogP contribution in [-0.2, 0) is 21.2 Å². The van der Waals surface area contributed by atoms with Crippen molar-refractivity contribution >= 4 is 27.3 Å². The van der Waals surface area contributed by atoms with Gasteiger partial charge in [0.2, 0.25) is 15.9 Å². The molecule has 1 aliphatic rings. The maximum atomic E-state index is 12.4. The molecule has 2 rings (SSSR count). The van der Waals surface area contributed by atoms with Gasteiger partial charge in [0.25, 0.3) is 0 Å². The Kier molecular flexibility index (Phi) is 6.19. The minimum Gasteiger partial charge on any atom is -0.356 e. The van der Waals surface area contributed by atoms with Crippen molar-refractivity contribution in [1.82, 2.24) is 15.4 Å². The first-order valence-corrected chi connectivity index (χ1v) is 10.1. The number of hydrogen-bond donors (Lipinski definition) is 3. The summed E-state index contributed by atoms with van der Waals surface area (Å²) in [6.45, 7) is 6.46. The number of nitrogens with one attached hydrogen (secondary N) is 3. The molecule has 0 aliphatic carbocycles. The minimum absolute atomic E-state index is 0.0177. The van der Waals surface area contributed by atoms with Crippen LogP contribution < -0.4 is 15.4 Å². The van der Waals surface area contributed by atoms with Crippen LogP contribution in [0.5, 0.6) is 0 Å². The fourth-order valence-electron chi connectivity index (χ4n) is 2.55. The van der Waals surface area contributed by atoms with Crippen LogP contribution in [0.15, 0.2) is 16.3 Å². The third kappa shape index (κ3) is 5.56. The highest BCUT2D eigenvalue weighted by molar-refractivity contribution is 7.91. The number of carbonyl (C=O) groups is 1. The minimum atomic E-state index is -3.46. The Morgan fingerprint density at radius 2 is 2.04 bits per heavy atom. The van der Waals surface area contributed by atoms with Crippen LogP contribution in [0.4, 0.5) is 0 Å². The molecular weight excluding hydrogens is 334 g/mol. The molecule has 2 heterocycles. The molecule has 0 saturated carbocycles. The predicted molar refractivity (Wildman–Crippen MR) is 92.1 cm³/mol. The van der Waals surface area contributed by atoms with Gasteiger partial charge >= 0.3 is 0 Å². The average Bonchev–Trinajstić information content (AvgIpc) is 2.96. The van der Waals surface area contributed by atoms with E-state index >= 15 is 0 Å². The van der Waals surface area contributed by atoms with Crippen LogP contribution in [0.2, 0.25) is 0 Å². The zero-order valence-corrected chi connectivity index (χ0v) is 15.3. The Bertz CT molecular complexity index is 634. The SMILES string of the molecule is CC(=O)NCCc1ccc(S(=O)(=O)NCC2(C)CCNCC2)s1. The molecular formula is C15H25N3O3S2. The molecule has 0 atom stereocenters. The van der Waals surface area contributed by atoms with E-state index in [1.54, 1.807) is 6.07 Å². The van der Waals surface area contributed by atoms with Gasteiger partial charge in [-0.05, 0) is 49.9 Å². The number of piperidine rings is 1. The molecule has 8 heteroatoms. The van der Waals surface area contributed by atoms with E-state index in [4.69, 9.17) is 0 Å². The lowest BCUT2D eigenvalue weighted by molar-refractivity contribution is -0.118. The van der Waals surface area contributed by atoms with Gasteiger partial charge in [-0.1, -0.05) is 6.92 Å². The van der Waals surface area contributed by atoms with E-state index in [2.05, 4.69) is 22.3 Å². The number of carbonyl (C=O) groups excluding carboxylic acids is 1. The Labute approximate surface area is 142 Å². The van der Waals surface area contributed by atoms with Gasteiger partial charge in [0.15, 0.2) is 0 Å². The molecule has 1 aromatic heterocycles. The highest BCUT2D eigenvalue weighted by Gasteiger charge is 2.29. The van der Waals surface area contributed by atoms with Gasteiger partial charge in [0.1, 0.15) is 4.21 Å². The lowest BCUT2D eigenvalue weighted by atomic mass is 9.81. The predicted octanol–water partition coefficient (Wildman–Crippen LogP) is 1.09. The average molecular weight is 360 g/mol. The standard InChI is InChI=1S/C15H25N3O3S2/c1-12(19)17-8-5-13-3-4-14(22-13)23(20,21)18-11-15(2)6-9-16-10-7-15/h3-4,16,18H,5-11H2,1-2H3,(H,17,19). The first kappa shape index (κ1) is 18.4. The smallest absolute Gasteiger partial charge is 0.250 e. The highest BCUT2D eigenvalue weighted by atomic mass is 32.2. The lowest BCUT2D eigenvalue weighted by Crippen LogP contribution is -2.42. The molecule has 0 aromatic carbocycles. The quantitative estimate of drug-likeness (QED) is 0.680. The molecule has 3 N–H and O–H groups in total. The third-order valence-electron chi connectivity index (χ3n) is 4.15. The molecule has 1 aromatic rings. The summed E-state index contributed by atoms with van der Waals surface area (Å²) in [7, 11) is -3.46. The van der Waals surface area contributed by atoms with E-state index in [0.717, 1.165) is 30.8 Å². The number of rotatable bonds is 7. The molecule has 130 valence electrons. The zero-order chi connectivity index (χ0) is 16.9. The van der Waals surface area contributed by atoms with Crippen LogP contribution in [0.1, 0.15) is 31.6 Å². The van der Waals surface area contributed by atoms with Gasteiger partial charge in [0, 0.05) is 24.9 Å². The van der Waals surface area contributed by atoms with Gasteiger partial charge in [-0.2, -0.15) is 0 Å². The Hall–Kier alpha value is -0.960. The Balaban J connectivity index is 1.91. The van der Waals surface area contributed by atoms with E-state index < -0.39 is 10.0 Å². The largest absolute Gasteiger partial charge is 0.356 e. The molecule has 1 fully saturated rings. The van der Waals surface area contributed by atoms with Crippen molar-refractivity contribution in [3.8, 4) is 0 Å². The second-order valence-electron chi connectivity index (χ2n) is 6.34. The molecule has 0 spiro atoms. The van der Waals surface area contributed by atoms with Gasteiger partial charge in [-0.3, -0.25) is 4.79 Å². The monoisotopic (exact) mass is 359 g/mol. The first-order valence-electron chi connectivity index (χ1n) is 7.84. The fourth-order valence-corrected chi connectivity index (χ4v) is 5.15. The van der Waals surface area contributed by atoms with Crippen LogP contribution in [0.25, 0.3) is 0 Å². The summed E-state index contributed by atoms with van der Waals surface area (Å²) in [5.74, 6) is -0.0775. The number of amides is 1. The van der Waals surface area contributed by atoms with E-state index in [1.165, 1.54) is 18.3 Å². The summed E-state index contributed by atoms with van der Waals surface area (Å²) < 4.78 is 28.0. The van der Waals surface area contributed by atoms with Gasteiger partial charge in [0.05, 0.1) is 0 Å². The lowest BCUT2D eigenvalue weighted by Gasteiger charge is -2.33. The van der Waals surface area contributed by atoms with E-state index in [9.17, 15) is 13.2 Å². The van der Waals surface area contributed by atoms with Crippen molar-refractivity contribution < 1.29 is 13.2 Å². The molecule has 0 unspecified atom stereocenters. The van der Waals surface area contributed by atoms with Crippen LogP contribution in [0, 0.1) is 5.41 Å². The molecule has 0 radical (unpaired) electrons. The number of thiophene rings is 1. The molecule has 1 saturated heterocycles. The topological polar surface area (TPSA) is 87.3 Å². The third-order valence-corrected chi connectivity index (χ3v) is 7.18. The maximum Gasteiger partial charge on any atom is 0.250 e. The number of sulfonamides is 1. The van der Waals surface area contributed by atoms with Gasteiger partial charge in [-0.25, -0.2) is 13.1 Å². The van der Waals surface area contributed by atoms with Crippen molar-refractivity contribution in [3.63, 3.8) is 0 Å². The summed E-state index contributed by atoms with van der Waals surface area (Å²) in [4.78, 5) is 11.8. The van der Waals surface area contributed by atoms with Gasteiger partial charge < -0.3 is 10.6 Å². The first-order chi connectivity index (χ1) is 10.8. The molecule has 23 heavy (non-hydrogen) atoms. The number of hydrogen-bond acceptors (Lipinski definition) is 5. The second kappa shape index (κ2) is 7.74. The summed E-state index contributed by atoms with van der Waals surface area (Å²) in [6, 6.07) is 3.45. The Morgan fingerprint density at radius 1 is 1.35 bits per heavy atom. The second-order valence-corrected chi connectivity index (χ2v) is 9.50. The van der Waals surface area contributed by atoms with E-state index in [0.29, 0.717) is 23.7 Å². The van der Waals surface area contributed by atoms with Crippen molar-refractivity contribution in [2.24, 2.45) is 5.41 Å². The normalized spacial score (nSPS) is 17.8. The zero-order valence-electron chi connectivity index (χ0n) is 13.6. The summed E-state index contributed by atoms with van der Waals surface area (Å²) in [5, 5.41) is 6.01. The summed E-state index contributed by atoms with van der Waals surface area (Å²) >= 11 is 1.26. The van der Waals surface area contributed by atoms with Crippen molar-refractivity contribution in [2.75, 3.05) is 26.2 Å². The van der Waals surface area contributed by atoms with Crippen LogP contribution >= 0.6 is 11.3 Å². The molecule has 1 amide bonds. The molecule has 0 bridgehead atoms. The van der Waals surface area contributed by atoms with Gasteiger partial charge in [-0.15, -0.1) is 11.3 Å². The maximum absolute atomic E-state index is 12.4. The van der Waals surface area contributed by atoms with Crippen molar-refractivity contribution in [1.29, 1.82) is 0 Å². The highest BCUT2D eigenvalue weighted by Crippen LogP contribution is 2.28. The van der Waals surface area contributed by atoms with E-state index in [-0.39, 0.29) is 11.3 Å². The van der Waals surface area contributed by atoms with Crippen molar-refractivity contribution in [3.05, 3.63) is 17.0 Å². The van der Waals surface area contributed by atoms with Crippen LogP contribution in [0.3, 0.4) is 0 Å². The summed E-state index contributed by atoms with van der Waals surface area (Å²) in [5.41, 5.74) is 0.0177. The summed E-state index contributed by atoms with van der Waals surface area (Å²) in [6.07, 6.45) is 2.59. The van der Waals surface area contributed by atoms with Crippen LogP contribution in [-0.4, -0.2) is 40.5 Å². The fraction of sp³-hybridized carbons (Fsp3) is 0.667. The molecule has 1 aliphatic heterocycles. The van der Waals surface area contributed by atoms with E-state index in [1.807, 2.05) is 6.07 Å².